The summed E-state index contributed by atoms with van der Waals surface area (Å²) < 4.78 is 4.94. The Morgan fingerprint density at radius 1 is 1.47 bits per heavy atom. The van der Waals surface area contributed by atoms with Gasteiger partial charge in [0.2, 0.25) is 5.91 Å². The summed E-state index contributed by atoms with van der Waals surface area (Å²) in [5.74, 6) is -1.00. The Morgan fingerprint density at radius 2 is 2.13 bits per heavy atom. The van der Waals surface area contributed by atoms with Gasteiger partial charge < -0.3 is 15.2 Å². The number of amides is 1. The first-order valence-electron chi connectivity index (χ1n) is 5.19. The minimum atomic E-state index is -0.993. The van der Waals surface area contributed by atoms with Gasteiger partial charge in [-0.2, -0.15) is 0 Å². The molecule has 0 saturated carbocycles. The zero-order valence-electron chi connectivity index (χ0n) is 9.28. The Morgan fingerprint density at radius 3 is 2.67 bits per heavy atom. The number of nitrogens with one attached hydrogen (secondary N) is 1. The molecule has 5 nitrogen and oxygen atoms in total. The lowest BCUT2D eigenvalue weighted by Crippen LogP contribution is -2.29. The second-order valence-electron chi connectivity index (χ2n) is 3.30. The van der Waals surface area contributed by atoms with E-state index in [4.69, 9.17) is 9.84 Å². The number of carboxylic acid groups (broad SMARTS) is 1. The minimum absolute atomic E-state index is 0.0107. The van der Waals surface area contributed by atoms with Crippen molar-refractivity contribution < 1.29 is 19.4 Å². The quantitative estimate of drug-likeness (QED) is 0.589. The first kappa shape index (κ1) is 13.9. The SMILES string of the molecule is CCCCC(=O)NCCOC(C)C(=O)O. The normalized spacial score (nSPS) is 12.1. The molecule has 0 aliphatic heterocycles. The Bertz CT molecular complexity index is 206. The third-order valence-corrected chi connectivity index (χ3v) is 1.90. The highest BCUT2D eigenvalue weighted by molar-refractivity contribution is 5.75. The van der Waals surface area contributed by atoms with Crippen LogP contribution in [0.4, 0.5) is 0 Å². The fourth-order valence-electron chi connectivity index (χ4n) is 0.923. The number of carboxylic acids is 1. The van der Waals surface area contributed by atoms with E-state index in [0.29, 0.717) is 13.0 Å². The molecule has 88 valence electrons. The van der Waals surface area contributed by atoms with Gasteiger partial charge in [-0.1, -0.05) is 13.3 Å². The van der Waals surface area contributed by atoms with Crippen molar-refractivity contribution >= 4 is 11.9 Å². The molecule has 0 aromatic carbocycles. The number of rotatable bonds is 8. The first-order valence-corrected chi connectivity index (χ1v) is 5.19. The van der Waals surface area contributed by atoms with E-state index in [1.807, 2.05) is 6.92 Å². The smallest absolute Gasteiger partial charge is 0.332 e. The molecule has 0 aliphatic carbocycles. The van der Waals surface area contributed by atoms with Gasteiger partial charge in [0, 0.05) is 13.0 Å². The van der Waals surface area contributed by atoms with Gasteiger partial charge in [-0.15, -0.1) is 0 Å². The lowest BCUT2D eigenvalue weighted by Gasteiger charge is -2.08. The molecule has 1 atom stereocenters. The standard InChI is InChI=1S/C10H19NO4/c1-3-4-5-9(12)11-6-7-15-8(2)10(13)14/h8H,3-7H2,1-2H3,(H,11,12)(H,13,14). The molecule has 2 N–H and O–H groups in total. The van der Waals surface area contributed by atoms with Crippen molar-refractivity contribution in [3.63, 3.8) is 0 Å². The van der Waals surface area contributed by atoms with Crippen molar-refractivity contribution in [2.24, 2.45) is 0 Å². The van der Waals surface area contributed by atoms with Crippen LogP contribution in [0.1, 0.15) is 33.1 Å². The predicted octanol–water partition coefficient (Wildman–Crippen LogP) is 0.782. The van der Waals surface area contributed by atoms with Crippen LogP contribution in [-0.4, -0.2) is 36.2 Å². The zero-order valence-corrected chi connectivity index (χ0v) is 9.28. The number of ether oxygens (including phenoxy) is 1. The third-order valence-electron chi connectivity index (χ3n) is 1.90. The first-order chi connectivity index (χ1) is 7.07. The van der Waals surface area contributed by atoms with Crippen LogP contribution >= 0.6 is 0 Å². The molecular weight excluding hydrogens is 198 g/mol. The second-order valence-corrected chi connectivity index (χ2v) is 3.30. The molecule has 0 saturated heterocycles. The summed E-state index contributed by atoms with van der Waals surface area (Å²) in [6.07, 6.45) is 1.56. The Labute approximate surface area is 89.8 Å². The van der Waals surface area contributed by atoms with Gasteiger partial charge in [-0.05, 0) is 13.3 Å². The van der Waals surface area contributed by atoms with E-state index < -0.39 is 12.1 Å². The fourth-order valence-corrected chi connectivity index (χ4v) is 0.923. The van der Waals surface area contributed by atoms with E-state index in [-0.39, 0.29) is 12.5 Å². The number of carbonyl (C=O) groups excluding carboxylic acids is 1. The van der Waals surface area contributed by atoms with Crippen LogP contribution in [0.25, 0.3) is 0 Å². The van der Waals surface area contributed by atoms with Crippen LogP contribution < -0.4 is 5.32 Å². The third kappa shape index (κ3) is 7.93. The van der Waals surface area contributed by atoms with Crippen LogP contribution in [-0.2, 0) is 14.3 Å². The summed E-state index contributed by atoms with van der Waals surface area (Å²) in [5, 5.41) is 11.1. The molecule has 0 spiro atoms. The summed E-state index contributed by atoms with van der Waals surface area (Å²) in [7, 11) is 0. The molecule has 15 heavy (non-hydrogen) atoms. The van der Waals surface area contributed by atoms with Crippen molar-refractivity contribution in [3.05, 3.63) is 0 Å². The average molecular weight is 217 g/mol. The maximum atomic E-state index is 11.1. The van der Waals surface area contributed by atoms with Crippen LogP contribution in [0, 0.1) is 0 Å². The maximum Gasteiger partial charge on any atom is 0.332 e. The summed E-state index contributed by atoms with van der Waals surface area (Å²) in [5.41, 5.74) is 0. The van der Waals surface area contributed by atoms with Gasteiger partial charge in [0.15, 0.2) is 6.10 Å². The van der Waals surface area contributed by atoms with Gasteiger partial charge in [-0.3, -0.25) is 4.79 Å². The van der Waals surface area contributed by atoms with Crippen LogP contribution in [0.5, 0.6) is 0 Å². The van der Waals surface area contributed by atoms with E-state index in [2.05, 4.69) is 5.32 Å². The molecule has 1 amide bonds. The Hall–Kier alpha value is -1.10. The topological polar surface area (TPSA) is 75.6 Å². The molecule has 1 unspecified atom stereocenters. The highest BCUT2D eigenvalue weighted by atomic mass is 16.5. The molecule has 0 aromatic heterocycles. The van der Waals surface area contributed by atoms with E-state index >= 15 is 0 Å². The monoisotopic (exact) mass is 217 g/mol. The van der Waals surface area contributed by atoms with Gasteiger partial charge in [-0.25, -0.2) is 4.79 Å². The Kier molecular flexibility index (Phi) is 7.62. The fraction of sp³-hybridized carbons (Fsp3) is 0.800. The molecule has 0 aliphatic rings. The van der Waals surface area contributed by atoms with E-state index in [1.165, 1.54) is 6.92 Å². The highest BCUT2D eigenvalue weighted by Gasteiger charge is 2.10. The predicted molar refractivity (Wildman–Crippen MR) is 55.6 cm³/mol. The maximum absolute atomic E-state index is 11.1. The summed E-state index contributed by atoms with van der Waals surface area (Å²) in [4.78, 5) is 21.5. The van der Waals surface area contributed by atoms with Gasteiger partial charge >= 0.3 is 5.97 Å². The molecule has 0 fully saturated rings. The van der Waals surface area contributed by atoms with Gasteiger partial charge in [0.05, 0.1) is 6.61 Å². The average Bonchev–Trinajstić information content (AvgIpc) is 2.20. The lowest BCUT2D eigenvalue weighted by molar-refractivity contribution is -0.148. The van der Waals surface area contributed by atoms with Crippen LogP contribution in [0.15, 0.2) is 0 Å². The Balaban J connectivity index is 3.38. The van der Waals surface area contributed by atoms with E-state index in [9.17, 15) is 9.59 Å². The summed E-state index contributed by atoms with van der Waals surface area (Å²) >= 11 is 0. The van der Waals surface area contributed by atoms with Crippen molar-refractivity contribution in [3.8, 4) is 0 Å². The largest absolute Gasteiger partial charge is 0.479 e. The van der Waals surface area contributed by atoms with Crippen molar-refractivity contribution in [2.45, 2.75) is 39.2 Å². The number of carbonyl (C=O) groups is 2. The lowest BCUT2D eigenvalue weighted by atomic mass is 10.2. The van der Waals surface area contributed by atoms with Crippen LogP contribution in [0.2, 0.25) is 0 Å². The van der Waals surface area contributed by atoms with Crippen LogP contribution in [0.3, 0.4) is 0 Å². The zero-order chi connectivity index (χ0) is 11.7. The molecule has 0 rings (SSSR count). The number of aliphatic carboxylic acids is 1. The van der Waals surface area contributed by atoms with E-state index in [1.54, 1.807) is 0 Å². The summed E-state index contributed by atoms with van der Waals surface area (Å²) in [6.45, 7) is 4.07. The van der Waals surface area contributed by atoms with Gasteiger partial charge in [0.25, 0.3) is 0 Å². The summed E-state index contributed by atoms with van der Waals surface area (Å²) in [6, 6.07) is 0. The second kappa shape index (κ2) is 8.23. The highest BCUT2D eigenvalue weighted by Crippen LogP contribution is 1.93. The molecular formula is C10H19NO4. The molecule has 0 bridgehead atoms. The number of unbranched alkanes of at least 4 members (excludes halogenated alkanes) is 1. The molecule has 5 heteroatoms. The van der Waals surface area contributed by atoms with Crippen molar-refractivity contribution in [1.29, 1.82) is 0 Å². The number of hydrogen-bond donors (Lipinski definition) is 2. The van der Waals surface area contributed by atoms with Crippen molar-refractivity contribution in [2.75, 3.05) is 13.2 Å². The minimum Gasteiger partial charge on any atom is -0.479 e. The molecule has 0 heterocycles. The van der Waals surface area contributed by atoms with E-state index in [0.717, 1.165) is 12.8 Å². The number of hydrogen-bond acceptors (Lipinski definition) is 3. The van der Waals surface area contributed by atoms with Crippen molar-refractivity contribution in [1.82, 2.24) is 5.32 Å². The molecule has 0 radical (unpaired) electrons. The molecule has 0 aromatic rings. The van der Waals surface area contributed by atoms with Gasteiger partial charge in [0.1, 0.15) is 0 Å².